The fourth-order valence-corrected chi connectivity index (χ4v) is 1.10. The Bertz CT molecular complexity index is 110. The first-order chi connectivity index (χ1) is 5.48. The summed E-state index contributed by atoms with van der Waals surface area (Å²) >= 11 is 0. The van der Waals surface area contributed by atoms with Crippen LogP contribution in [0.25, 0.3) is 0 Å². The van der Waals surface area contributed by atoms with Crippen molar-refractivity contribution in [2.45, 2.75) is 52.7 Å². The molecule has 2 heteroatoms. The van der Waals surface area contributed by atoms with Gasteiger partial charge in [-0.15, -0.1) is 0 Å². The second kappa shape index (κ2) is 5.55. The van der Waals surface area contributed by atoms with Crippen LogP contribution in [-0.4, -0.2) is 12.3 Å². The standard InChI is InChI=1S/C10H23NO/c1-5-7-10(4,11)12-8-6-9(2)3/h9H,5-8,11H2,1-4H3. The average Bonchev–Trinajstić information content (AvgIpc) is 1.85. The van der Waals surface area contributed by atoms with Crippen molar-refractivity contribution < 1.29 is 4.74 Å². The number of hydrogen-bond acceptors (Lipinski definition) is 2. The molecule has 0 aromatic rings. The summed E-state index contributed by atoms with van der Waals surface area (Å²) in [5.41, 5.74) is 5.48. The van der Waals surface area contributed by atoms with Crippen LogP contribution in [0, 0.1) is 5.92 Å². The Hall–Kier alpha value is -0.0800. The molecule has 0 spiro atoms. The molecule has 0 amide bonds. The molecule has 0 saturated carbocycles. The van der Waals surface area contributed by atoms with Crippen molar-refractivity contribution in [3.63, 3.8) is 0 Å². The summed E-state index contributed by atoms with van der Waals surface area (Å²) in [6.07, 6.45) is 3.11. The Kier molecular flexibility index (Phi) is 5.51. The first-order valence-corrected chi connectivity index (χ1v) is 4.91. The molecule has 0 bridgehead atoms. The van der Waals surface area contributed by atoms with Crippen molar-refractivity contribution in [2.75, 3.05) is 6.61 Å². The van der Waals surface area contributed by atoms with E-state index in [1.165, 1.54) is 0 Å². The molecule has 1 unspecified atom stereocenters. The third kappa shape index (κ3) is 6.62. The van der Waals surface area contributed by atoms with Crippen molar-refractivity contribution in [3.05, 3.63) is 0 Å². The number of hydrogen-bond donors (Lipinski definition) is 1. The van der Waals surface area contributed by atoms with Gasteiger partial charge in [-0.1, -0.05) is 27.2 Å². The molecular formula is C10H23NO. The lowest BCUT2D eigenvalue weighted by molar-refractivity contribution is -0.0375. The maximum Gasteiger partial charge on any atom is 0.113 e. The van der Waals surface area contributed by atoms with Crippen LogP contribution in [-0.2, 0) is 4.74 Å². The van der Waals surface area contributed by atoms with Gasteiger partial charge in [0.15, 0.2) is 0 Å². The molecule has 1 atom stereocenters. The van der Waals surface area contributed by atoms with Gasteiger partial charge in [0, 0.05) is 6.61 Å². The molecule has 0 aliphatic rings. The van der Waals surface area contributed by atoms with Crippen LogP contribution in [0.3, 0.4) is 0 Å². The van der Waals surface area contributed by atoms with E-state index >= 15 is 0 Å². The smallest absolute Gasteiger partial charge is 0.113 e. The Labute approximate surface area is 76.5 Å². The molecule has 0 aromatic carbocycles. The highest BCUT2D eigenvalue weighted by atomic mass is 16.5. The zero-order chi connectivity index (χ0) is 9.61. The fourth-order valence-electron chi connectivity index (χ4n) is 1.10. The summed E-state index contributed by atoms with van der Waals surface area (Å²) in [6, 6.07) is 0. The summed E-state index contributed by atoms with van der Waals surface area (Å²) in [7, 11) is 0. The van der Waals surface area contributed by atoms with Gasteiger partial charge < -0.3 is 10.5 Å². The Morgan fingerprint density at radius 2 is 2.00 bits per heavy atom. The molecule has 0 aliphatic heterocycles. The Morgan fingerprint density at radius 3 is 2.42 bits per heavy atom. The molecule has 0 saturated heterocycles. The van der Waals surface area contributed by atoms with Crippen LogP contribution in [0.1, 0.15) is 47.0 Å². The van der Waals surface area contributed by atoms with E-state index in [2.05, 4.69) is 20.8 Å². The molecule has 0 rings (SSSR count). The largest absolute Gasteiger partial charge is 0.361 e. The van der Waals surface area contributed by atoms with Gasteiger partial charge in [0.2, 0.25) is 0 Å². The van der Waals surface area contributed by atoms with Crippen LogP contribution in [0.4, 0.5) is 0 Å². The SMILES string of the molecule is CCCC(C)(N)OCCC(C)C. The molecular weight excluding hydrogens is 150 g/mol. The van der Waals surface area contributed by atoms with E-state index in [9.17, 15) is 0 Å². The molecule has 12 heavy (non-hydrogen) atoms. The van der Waals surface area contributed by atoms with E-state index in [1.54, 1.807) is 0 Å². The predicted molar refractivity (Wildman–Crippen MR) is 52.9 cm³/mol. The number of nitrogens with two attached hydrogens (primary N) is 1. The van der Waals surface area contributed by atoms with Crippen LogP contribution in [0.5, 0.6) is 0 Å². The molecule has 2 nitrogen and oxygen atoms in total. The van der Waals surface area contributed by atoms with Crippen molar-refractivity contribution >= 4 is 0 Å². The quantitative estimate of drug-likeness (QED) is 0.626. The minimum absolute atomic E-state index is 0.413. The highest BCUT2D eigenvalue weighted by molar-refractivity contribution is 4.65. The highest BCUT2D eigenvalue weighted by Crippen LogP contribution is 2.11. The van der Waals surface area contributed by atoms with Gasteiger partial charge in [0.05, 0.1) is 0 Å². The molecule has 0 fully saturated rings. The average molecular weight is 173 g/mol. The Balaban J connectivity index is 3.46. The van der Waals surface area contributed by atoms with Gasteiger partial charge >= 0.3 is 0 Å². The van der Waals surface area contributed by atoms with Gasteiger partial charge in [-0.25, -0.2) is 0 Å². The van der Waals surface area contributed by atoms with Crippen LogP contribution >= 0.6 is 0 Å². The topological polar surface area (TPSA) is 35.2 Å². The Morgan fingerprint density at radius 1 is 1.42 bits per heavy atom. The summed E-state index contributed by atoms with van der Waals surface area (Å²) in [5, 5.41) is 0. The van der Waals surface area contributed by atoms with E-state index in [-0.39, 0.29) is 0 Å². The van der Waals surface area contributed by atoms with Crippen molar-refractivity contribution in [2.24, 2.45) is 11.7 Å². The minimum atomic E-state index is -0.413. The van der Waals surface area contributed by atoms with Gasteiger partial charge in [-0.05, 0) is 25.7 Å². The van der Waals surface area contributed by atoms with E-state index in [4.69, 9.17) is 10.5 Å². The molecule has 0 radical (unpaired) electrons. The van der Waals surface area contributed by atoms with Crippen molar-refractivity contribution in [1.82, 2.24) is 0 Å². The van der Waals surface area contributed by atoms with E-state index in [0.717, 1.165) is 25.9 Å². The van der Waals surface area contributed by atoms with E-state index in [0.29, 0.717) is 5.92 Å². The number of rotatable bonds is 6. The van der Waals surface area contributed by atoms with Gasteiger partial charge in [0.25, 0.3) is 0 Å². The fraction of sp³-hybridized carbons (Fsp3) is 1.00. The highest BCUT2D eigenvalue weighted by Gasteiger charge is 2.16. The zero-order valence-corrected chi connectivity index (χ0v) is 8.89. The molecule has 2 N–H and O–H groups in total. The monoisotopic (exact) mass is 173 g/mol. The molecule has 0 aromatic heterocycles. The maximum atomic E-state index is 5.89. The summed E-state index contributed by atoms with van der Waals surface area (Å²) < 4.78 is 5.56. The first-order valence-electron chi connectivity index (χ1n) is 4.91. The molecule has 0 aliphatic carbocycles. The maximum absolute atomic E-state index is 5.89. The molecule has 0 heterocycles. The predicted octanol–water partition coefficient (Wildman–Crippen LogP) is 2.52. The van der Waals surface area contributed by atoms with Gasteiger partial charge in [-0.3, -0.25) is 0 Å². The zero-order valence-electron chi connectivity index (χ0n) is 8.89. The summed E-state index contributed by atoms with van der Waals surface area (Å²) in [5.74, 6) is 0.697. The van der Waals surface area contributed by atoms with Crippen molar-refractivity contribution in [1.29, 1.82) is 0 Å². The number of ether oxygens (including phenoxy) is 1. The van der Waals surface area contributed by atoms with E-state index < -0.39 is 5.72 Å². The van der Waals surface area contributed by atoms with Gasteiger partial charge in [-0.2, -0.15) is 0 Å². The van der Waals surface area contributed by atoms with Crippen LogP contribution < -0.4 is 5.73 Å². The normalized spacial score (nSPS) is 16.5. The van der Waals surface area contributed by atoms with E-state index in [1.807, 2.05) is 6.92 Å². The third-order valence-corrected chi connectivity index (χ3v) is 1.87. The lowest BCUT2D eigenvalue weighted by Gasteiger charge is -2.24. The summed E-state index contributed by atoms with van der Waals surface area (Å²) in [6.45, 7) is 9.24. The van der Waals surface area contributed by atoms with Crippen molar-refractivity contribution in [3.8, 4) is 0 Å². The van der Waals surface area contributed by atoms with Crippen LogP contribution in [0.2, 0.25) is 0 Å². The minimum Gasteiger partial charge on any atom is -0.361 e. The van der Waals surface area contributed by atoms with Gasteiger partial charge in [0.1, 0.15) is 5.72 Å². The third-order valence-electron chi connectivity index (χ3n) is 1.87. The second-order valence-corrected chi connectivity index (χ2v) is 4.09. The lowest BCUT2D eigenvalue weighted by atomic mass is 10.1. The summed E-state index contributed by atoms with van der Waals surface area (Å²) in [4.78, 5) is 0. The second-order valence-electron chi connectivity index (χ2n) is 4.09. The lowest BCUT2D eigenvalue weighted by Crippen LogP contribution is -2.39. The molecule has 74 valence electrons. The van der Waals surface area contributed by atoms with Crippen LogP contribution in [0.15, 0.2) is 0 Å². The first kappa shape index (κ1) is 11.9.